The van der Waals surface area contributed by atoms with Gasteiger partial charge in [-0.1, -0.05) is 136 Å². The van der Waals surface area contributed by atoms with Crippen LogP contribution in [0, 0.1) is 0 Å². The molecule has 274 valence electrons. The number of fused-ring (bicyclic) bond motifs is 5. The molecule has 0 aliphatic carbocycles. The molecular formula is C52H38N2O3. The Hall–Kier alpha value is -7.24. The number of rotatable bonds is 6. The van der Waals surface area contributed by atoms with Crippen LogP contribution in [0.25, 0.3) is 88.6 Å². The molecule has 0 spiro atoms. The van der Waals surface area contributed by atoms with Gasteiger partial charge in [0.1, 0.15) is 22.4 Å². The van der Waals surface area contributed by atoms with Crippen molar-refractivity contribution >= 4 is 55.7 Å². The Morgan fingerprint density at radius 3 is 2.09 bits per heavy atom. The number of phenolic OH excluding ortho intramolecular Hbond substituents is 1. The molecule has 0 aliphatic rings. The predicted octanol–water partition coefficient (Wildman–Crippen LogP) is 14.3. The molecule has 5 heteroatoms. The van der Waals surface area contributed by atoms with E-state index in [0.29, 0.717) is 22.7 Å². The summed E-state index contributed by atoms with van der Waals surface area (Å²) in [5.74, 6) is 0.626. The van der Waals surface area contributed by atoms with E-state index in [0.717, 1.165) is 66.4 Å². The minimum Gasteiger partial charge on any atom is -0.507 e. The molecule has 0 amide bonds. The molecule has 2 heterocycles. The van der Waals surface area contributed by atoms with E-state index in [2.05, 4.69) is 124 Å². The molecule has 0 fully saturated rings. The maximum Gasteiger partial charge on any atom is 0.229 e. The average molecular weight is 739 g/mol. The molecule has 10 rings (SSSR count). The molecule has 0 bridgehead atoms. The molecule has 0 radical (unpaired) electrons. The first-order chi connectivity index (χ1) is 27.8. The van der Waals surface area contributed by atoms with Crippen molar-refractivity contribution in [3.8, 4) is 50.6 Å². The number of aliphatic imine (C=N–C) groups is 1. The van der Waals surface area contributed by atoms with Crippen molar-refractivity contribution in [3.05, 3.63) is 175 Å². The minimum absolute atomic E-state index is 0.0745. The summed E-state index contributed by atoms with van der Waals surface area (Å²) in [6.45, 7) is 6.45. The van der Waals surface area contributed by atoms with Gasteiger partial charge in [0.2, 0.25) is 5.89 Å². The number of furan rings is 1. The Kier molecular flexibility index (Phi) is 8.12. The third-order valence-electron chi connectivity index (χ3n) is 10.9. The third-order valence-corrected chi connectivity index (χ3v) is 10.9. The monoisotopic (exact) mass is 738 g/mol. The van der Waals surface area contributed by atoms with Crippen LogP contribution < -0.4 is 0 Å². The van der Waals surface area contributed by atoms with Crippen LogP contribution in [0.5, 0.6) is 5.75 Å². The maximum atomic E-state index is 10.7. The van der Waals surface area contributed by atoms with E-state index in [1.165, 1.54) is 16.3 Å². The number of oxazole rings is 1. The summed E-state index contributed by atoms with van der Waals surface area (Å²) in [6.07, 6.45) is 1.71. The Morgan fingerprint density at radius 2 is 1.25 bits per heavy atom. The lowest BCUT2D eigenvalue weighted by atomic mass is 9.86. The van der Waals surface area contributed by atoms with Crippen molar-refractivity contribution in [2.75, 3.05) is 0 Å². The minimum atomic E-state index is -0.0745. The Labute approximate surface area is 330 Å². The zero-order chi connectivity index (χ0) is 38.7. The summed E-state index contributed by atoms with van der Waals surface area (Å²) < 4.78 is 13.3. The van der Waals surface area contributed by atoms with Crippen molar-refractivity contribution < 1.29 is 13.9 Å². The molecule has 5 nitrogen and oxygen atoms in total. The molecule has 57 heavy (non-hydrogen) atoms. The number of para-hydroxylation sites is 3. The van der Waals surface area contributed by atoms with E-state index in [-0.39, 0.29) is 11.2 Å². The molecule has 10 aromatic rings. The fourth-order valence-electron chi connectivity index (χ4n) is 7.73. The van der Waals surface area contributed by atoms with Gasteiger partial charge in [0.05, 0.1) is 11.3 Å². The van der Waals surface area contributed by atoms with Crippen LogP contribution in [0.3, 0.4) is 0 Å². The highest BCUT2D eigenvalue weighted by atomic mass is 16.3. The largest absolute Gasteiger partial charge is 0.507 e. The number of aromatic nitrogens is 1. The normalized spacial score (nSPS) is 12.1. The number of aromatic hydroxyl groups is 1. The van der Waals surface area contributed by atoms with Gasteiger partial charge in [0.15, 0.2) is 5.58 Å². The van der Waals surface area contributed by atoms with Crippen LogP contribution in [-0.2, 0) is 5.41 Å². The zero-order valence-corrected chi connectivity index (χ0v) is 31.8. The van der Waals surface area contributed by atoms with Crippen LogP contribution in [0.2, 0.25) is 0 Å². The Bertz CT molecular complexity index is 3180. The van der Waals surface area contributed by atoms with Crippen LogP contribution in [0.15, 0.2) is 178 Å². The second-order valence-corrected chi connectivity index (χ2v) is 15.6. The first-order valence-corrected chi connectivity index (χ1v) is 19.2. The first kappa shape index (κ1) is 34.3. The number of benzene rings is 8. The van der Waals surface area contributed by atoms with Crippen molar-refractivity contribution in [3.63, 3.8) is 0 Å². The van der Waals surface area contributed by atoms with Crippen LogP contribution in [0.1, 0.15) is 31.9 Å². The van der Waals surface area contributed by atoms with Crippen molar-refractivity contribution in [2.45, 2.75) is 26.2 Å². The van der Waals surface area contributed by atoms with Gasteiger partial charge < -0.3 is 13.9 Å². The molecule has 0 saturated carbocycles. The van der Waals surface area contributed by atoms with Gasteiger partial charge in [-0.2, -0.15) is 0 Å². The molecule has 1 N–H and O–H groups in total. The highest BCUT2D eigenvalue weighted by Crippen LogP contribution is 2.43. The number of nitrogens with zero attached hydrogens (tertiary/aromatic N) is 2. The first-order valence-electron chi connectivity index (χ1n) is 19.2. The third kappa shape index (κ3) is 6.24. The average Bonchev–Trinajstić information content (AvgIpc) is 3.85. The topological polar surface area (TPSA) is 71.8 Å². The van der Waals surface area contributed by atoms with Crippen molar-refractivity contribution in [1.82, 2.24) is 4.98 Å². The van der Waals surface area contributed by atoms with Crippen LogP contribution in [-0.4, -0.2) is 16.3 Å². The zero-order valence-electron chi connectivity index (χ0n) is 31.8. The highest BCUT2D eigenvalue weighted by Gasteiger charge is 2.21. The smallest absolute Gasteiger partial charge is 0.229 e. The second kappa shape index (κ2) is 13.5. The quantitative estimate of drug-likeness (QED) is 0.172. The summed E-state index contributed by atoms with van der Waals surface area (Å²) in [5.41, 5.74) is 12.3. The summed E-state index contributed by atoms with van der Waals surface area (Å²) in [5, 5.41) is 15.3. The van der Waals surface area contributed by atoms with Crippen molar-refractivity contribution in [1.29, 1.82) is 0 Å². The van der Waals surface area contributed by atoms with Crippen LogP contribution in [0.4, 0.5) is 5.69 Å². The van der Waals surface area contributed by atoms with E-state index in [9.17, 15) is 5.11 Å². The van der Waals surface area contributed by atoms with E-state index in [1.54, 1.807) is 12.3 Å². The maximum absolute atomic E-state index is 10.7. The number of hydrogen-bond donors (Lipinski definition) is 1. The van der Waals surface area contributed by atoms with E-state index in [1.807, 2.05) is 54.6 Å². The number of phenols is 1. The van der Waals surface area contributed by atoms with E-state index < -0.39 is 0 Å². The summed E-state index contributed by atoms with van der Waals surface area (Å²) in [4.78, 5) is 10.0. The molecule has 0 aliphatic heterocycles. The van der Waals surface area contributed by atoms with Gasteiger partial charge in [-0.3, -0.25) is 4.99 Å². The fraction of sp³-hybridized carbons (Fsp3) is 0.0769. The van der Waals surface area contributed by atoms with Gasteiger partial charge in [-0.05, 0) is 92.5 Å². The summed E-state index contributed by atoms with van der Waals surface area (Å²) in [7, 11) is 0. The van der Waals surface area contributed by atoms with E-state index in [4.69, 9.17) is 18.8 Å². The Balaban J connectivity index is 1.11. The van der Waals surface area contributed by atoms with E-state index >= 15 is 0 Å². The molecule has 8 aromatic carbocycles. The summed E-state index contributed by atoms with van der Waals surface area (Å²) in [6, 6.07) is 55.9. The van der Waals surface area contributed by atoms with Crippen LogP contribution >= 0.6 is 0 Å². The Morgan fingerprint density at radius 1 is 0.544 bits per heavy atom. The second-order valence-electron chi connectivity index (χ2n) is 15.6. The predicted molar refractivity (Wildman–Crippen MR) is 235 cm³/mol. The fourth-order valence-corrected chi connectivity index (χ4v) is 7.73. The van der Waals surface area contributed by atoms with Gasteiger partial charge >= 0.3 is 0 Å². The van der Waals surface area contributed by atoms with Crippen molar-refractivity contribution in [2.24, 2.45) is 4.99 Å². The molecule has 0 saturated heterocycles. The standard InChI is InChI=1S/C52H38N2O3/c1-52(2,3)39-25-26-46(55)38(28-39)31-53-45-17-8-6-14-43(45)51-54-49-44(42-16-10-15-41-40-13-7-9-18-47(40)56-50(41)42)29-37(30-48(49)57-51)34-21-19-33(20-22-34)36-24-23-32-11-4-5-12-35(32)27-36/h4-31,55H,1-3H3. The number of hydrogen-bond acceptors (Lipinski definition) is 5. The molecular weight excluding hydrogens is 701 g/mol. The lowest BCUT2D eigenvalue weighted by molar-refractivity contribution is 0.473. The van der Waals surface area contributed by atoms with Gasteiger partial charge in [0.25, 0.3) is 0 Å². The van der Waals surface area contributed by atoms with Gasteiger partial charge in [-0.25, -0.2) is 4.98 Å². The SMILES string of the molecule is CC(C)(C)c1ccc(O)c(C=Nc2ccccc2-c2nc3c(-c4cccc5c4oc4ccccc45)cc(-c4ccc(-c5ccc6ccccc6c5)cc4)cc3o2)c1. The van der Waals surface area contributed by atoms with Gasteiger partial charge in [-0.15, -0.1) is 0 Å². The highest BCUT2D eigenvalue weighted by molar-refractivity contribution is 6.12. The van der Waals surface area contributed by atoms with Gasteiger partial charge in [0, 0.05) is 33.7 Å². The molecule has 0 atom stereocenters. The lowest BCUT2D eigenvalue weighted by Crippen LogP contribution is -2.11. The molecule has 0 unspecified atom stereocenters. The summed E-state index contributed by atoms with van der Waals surface area (Å²) >= 11 is 0. The lowest BCUT2D eigenvalue weighted by Gasteiger charge is -2.19. The molecule has 2 aromatic heterocycles.